The normalized spacial score (nSPS) is 12.4. The first-order chi connectivity index (χ1) is 16.5. The average Bonchev–Trinajstić information content (AvgIpc) is 2.86. The molecule has 0 saturated heterocycles. The zero-order chi connectivity index (χ0) is 24.3. The molecular weight excluding hydrogens is 539 g/mol. The van der Waals surface area contributed by atoms with Crippen LogP contribution in [-0.2, 0) is 22.6 Å². The Hall–Kier alpha value is -2.87. The number of benzene rings is 3. The number of ether oxygens (including phenoxy) is 1. The molecule has 0 radical (unpaired) electrons. The first kappa shape index (κ1) is 25.7. The Labute approximate surface area is 215 Å². The van der Waals surface area contributed by atoms with Crippen LogP contribution in [0.15, 0.2) is 84.9 Å². The Balaban J connectivity index is 1.88. The first-order valence-corrected chi connectivity index (χ1v) is 12.6. The topological polar surface area (TPSA) is 58.6 Å². The predicted molar refractivity (Wildman–Crippen MR) is 143 cm³/mol. The highest BCUT2D eigenvalue weighted by Gasteiger charge is 2.31. The fourth-order valence-corrected chi connectivity index (χ4v) is 3.89. The Kier molecular flexibility index (Phi) is 9.94. The quantitative estimate of drug-likeness (QED) is 0.322. The number of nitrogens with zero attached hydrogens (tertiary/aromatic N) is 1. The van der Waals surface area contributed by atoms with Crippen molar-refractivity contribution in [2.24, 2.45) is 0 Å². The summed E-state index contributed by atoms with van der Waals surface area (Å²) >= 11 is 2.22. The first-order valence-electron chi connectivity index (χ1n) is 11.5. The van der Waals surface area contributed by atoms with Gasteiger partial charge in [-0.1, -0.05) is 67.6 Å². The number of rotatable bonds is 11. The Morgan fingerprint density at radius 2 is 1.50 bits per heavy atom. The molecule has 2 atom stereocenters. The van der Waals surface area contributed by atoms with Gasteiger partial charge in [-0.15, -0.1) is 0 Å². The molecule has 2 amide bonds. The highest BCUT2D eigenvalue weighted by molar-refractivity contribution is 14.1. The fourth-order valence-electron chi connectivity index (χ4n) is 3.53. The lowest BCUT2D eigenvalue weighted by Gasteiger charge is -2.32. The van der Waals surface area contributed by atoms with Crippen molar-refractivity contribution in [1.29, 1.82) is 0 Å². The van der Waals surface area contributed by atoms with Crippen LogP contribution >= 0.6 is 22.6 Å². The van der Waals surface area contributed by atoms with E-state index in [9.17, 15) is 9.59 Å². The van der Waals surface area contributed by atoms with Crippen molar-refractivity contribution in [2.75, 3.05) is 6.61 Å². The number of hydrogen-bond donors (Lipinski definition) is 1. The van der Waals surface area contributed by atoms with Gasteiger partial charge in [-0.2, -0.15) is 0 Å². The van der Waals surface area contributed by atoms with Crippen LogP contribution in [0.4, 0.5) is 0 Å². The summed E-state index contributed by atoms with van der Waals surface area (Å²) in [6.45, 7) is 4.18. The van der Waals surface area contributed by atoms with Gasteiger partial charge in [0.25, 0.3) is 5.91 Å². The summed E-state index contributed by atoms with van der Waals surface area (Å²) in [7, 11) is 0. The van der Waals surface area contributed by atoms with Crippen LogP contribution in [0, 0.1) is 3.57 Å². The van der Waals surface area contributed by atoms with Crippen LogP contribution in [0.2, 0.25) is 0 Å². The van der Waals surface area contributed by atoms with E-state index in [0.29, 0.717) is 18.7 Å². The number of carbonyl (C=O) groups excluding carboxylic acids is 2. The number of halogens is 1. The molecule has 0 heterocycles. The average molecular weight is 570 g/mol. The van der Waals surface area contributed by atoms with Gasteiger partial charge in [-0.3, -0.25) is 9.59 Å². The van der Waals surface area contributed by atoms with Gasteiger partial charge in [-0.25, -0.2) is 0 Å². The molecule has 6 heteroatoms. The highest BCUT2D eigenvalue weighted by Crippen LogP contribution is 2.17. The lowest BCUT2D eigenvalue weighted by atomic mass is 10.0. The van der Waals surface area contributed by atoms with Crippen molar-refractivity contribution in [3.8, 4) is 5.75 Å². The molecular formula is C28H31IN2O3. The number of carbonyl (C=O) groups is 2. The van der Waals surface area contributed by atoms with E-state index >= 15 is 0 Å². The minimum absolute atomic E-state index is 0.0162. The Bertz CT molecular complexity index is 1040. The lowest BCUT2D eigenvalue weighted by molar-refractivity contribution is -0.143. The van der Waals surface area contributed by atoms with Crippen LogP contribution in [-0.4, -0.2) is 35.4 Å². The van der Waals surface area contributed by atoms with Gasteiger partial charge >= 0.3 is 0 Å². The van der Waals surface area contributed by atoms with Gasteiger partial charge in [0.2, 0.25) is 5.91 Å². The molecule has 3 aromatic rings. The lowest BCUT2D eigenvalue weighted by Crippen LogP contribution is -2.53. The second kappa shape index (κ2) is 13.1. The molecule has 5 nitrogen and oxygen atoms in total. The van der Waals surface area contributed by atoms with E-state index in [0.717, 1.165) is 21.1 Å². The van der Waals surface area contributed by atoms with Gasteiger partial charge in [0.15, 0.2) is 6.61 Å². The van der Waals surface area contributed by atoms with E-state index in [1.807, 2.05) is 98.8 Å². The summed E-state index contributed by atoms with van der Waals surface area (Å²) in [5, 5.41) is 3.08. The zero-order valence-corrected chi connectivity index (χ0v) is 21.8. The molecule has 0 aliphatic rings. The molecule has 0 bridgehead atoms. The van der Waals surface area contributed by atoms with Crippen LogP contribution in [0.25, 0.3) is 0 Å². The Morgan fingerprint density at radius 1 is 0.912 bits per heavy atom. The van der Waals surface area contributed by atoms with Crippen LogP contribution in [0.3, 0.4) is 0 Å². The fraction of sp³-hybridized carbons (Fsp3) is 0.286. The molecule has 0 unspecified atom stereocenters. The molecule has 178 valence electrons. The second-order valence-electron chi connectivity index (χ2n) is 8.27. The van der Waals surface area contributed by atoms with Crippen LogP contribution < -0.4 is 10.1 Å². The zero-order valence-electron chi connectivity index (χ0n) is 19.6. The summed E-state index contributed by atoms with van der Waals surface area (Å²) < 4.78 is 6.89. The van der Waals surface area contributed by atoms with Crippen molar-refractivity contribution in [3.63, 3.8) is 0 Å². The van der Waals surface area contributed by atoms with E-state index in [1.165, 1.54) is 0 Å². The Morgan fingerprint density at radius 3 is 2.09 bits per heavy atom. The van der Waals surface area contributed by atoms with E-state index < -0.39 is 6.04 Å². The number of amides is 2. The maximum absolute atomic E-state index is 13.5. The molecule has 3 rings (SSSR count). The van der Waals surface area contributed by atoms with E-state index in [2.05, 4.69) is 27.9 Å². The largest absolute Gasteiger partial charge is 0.484 e. The molecule has 3 aromatic carbocycles. The third-order valence-electron chi connectivity index (χ3n) is 5.64. The van der Waals surface area contributed by atoms with Crippen molar-refractivity contribution < 1.29 is 14.3 Å². The third kappa shape index (κ3) is 7.87. The molecule has 0 fully saturated rings. The van der Waals surface area contributed by atoms with Crippen molar-refractivity contribution in [3.05, 3.63) is 99.6 Å². The van der Waals surface area contributed by atoms with E-state index in [-0.39, 0.29) is 24.5 Å². The summed E-state index contributed by atoms with van der Waals surface area (Å²) in [5.74, 6) is 0.233. The molecule has 0 spiro atoms. The molecule has 0 aromatic heterocycles. The smallest absolute Gasteiger partial charge is 0.261 e. The summed E-state index contributed by atoms with van der Waals surface area (Å²) in [5.41, 5.74) is 1.95. The van der Waals surface area contributed by atoms with Crippen LogP contribution in [0.5, 0.6) is 5.75 Å². The van der Waals surface area contributed by atoms with E-state index in [1.54, 1.807) is 4.90 Å². The van der Waals surface area contributed by atoms with Gasteiger partial charge in [0, 0.05) is 22.6 Å². The molecule has 0 saturated carbocycles. The molecule has 0 aliphatic heterocycles. The van der Waals surface area contributed by atoms with Gasteiger partial charge in [-0.05, 0) is 71.3 Å². The van der Waals surface area contributed by atoms with Crippen molar-refractivity contribution in [2.45, 2.75) is 45.3 Å². The van der Waals surface area contributed by atoms with Gasteiger partial charge in [0.05, 0.1) is 0 Å². The van der Waals surface area contributed by atoms with Crippen molar-refractivity contribution in [1.82, 2.24) is 10.2 Å². The minimum atomic E-state index is -0.663. The molecule has 0 aliphatic carbocycles. The predicted octanol–water partition coefficient (Wildman–Crippen LogP) is 5.22. The monoisotopic (exact) mass is 570 g/mol. The number of hydrogen-bond acceptors (Lipinski definition) is 3. The summed E-state index contributed by atoms with van der Waals surface area (Å²) in [6, 6.07) is 26.4. The SMILES string of the molecule is CC[C@H](C)NC(=O)[C@H](Cc1ccccc1)N(Cc1ccccc1)C(=O)COc1ccc(I)cc1. The maximum Gasteiger partial charge on any atom is 0.261 e. The molecule has 1 N–H and O–H groups in total. The standard InChI is InChI=1S/C28H31IN2O3/c1-3-21(2)30-28(33)26(18-22-10-6-4-7-11-22)31(19-23-12-8-5-9-13-23)27(32)20-34-25-16-14-24(29)15-17-25/h4-17,21,26H,3,18-20H2,1-2H3,(H,30,33)/t21-,26-/m0/s1. The van der Waals surface area contributed by atoms with Gasteiger partial charge < -0.3 is 15.0 Å². The van der Waals surface area contributed by atoms with Crippen LogP contribution in [0.1, 0.15) is 31.4 Å². The number of nitrogens with one attached hydrogen (secondary N) is 1. The maximum atomic E-state index is 13.5. The second-order valence-corrected chi connectivity index (χ2v) is 9.52. The summed E-state index contributed by atoms with van der Waals surface area (Å²) in [4.78, 5) is 28.6. The third-order valence-corrected chi connectivity index (χ3v) is 6.36. The minimum Gasteiger partial charge on any atom is -0.484 e. The highest BCUT2D eigenvalue weighted by atomic mass is 127. The van der Waals surface area contributed by atoms with E-state index in [4.69, 9.17) is 4.74 Å². The van der Waals surface area contributed by atoms with Crippen molar-refractivity contribution >= 4 is 34.4 Å². The summed E-state index contributed by atoms with van der Waals surface area (Å²) in [6.07, 6.45) is 1.23. The van der Waals surface area contributed by atoms with Gasteiger partial charge in [0.1, 0.15) is 11.8 Å². The molecule has 34 heavy (non-hydrogen) atoms.